The SMILES string of the molecule is CC[C@@H](Cc1cnn(C)c1)[C@@H](C)C(C)c1[nH]ncc1C#N. The second-order valence-electron chi connectivity index (χ2n) is 5.85. The van der Waals surface area contributed by atoms with Gasteiger partial charge >= 0.3 is 0 Å². The van der Waals surface area contributed by atoms with Crippen molar-refractivity contribution in [2.75, 3.05) is 0 Å². The Morgan fingerprint density at radius 2 is 2.14 bits per heavy atom. The van der Waals surface area contributed by atoms with Crippen molar-refractivity contribution in [3.63, 3.8) is 0 Å². The van der Waals surface area contributed by atoms with Crippen LogP contribution in [-0.2, 0) is 13.5 Å². The van der Waals surface area contributed by atoms with Gasteiger partial charge in [-0.25, -0.2) is 0 Å². The van der Waals surface area contributed by atoms with Crippen LogP contribution in [0.5, 0.6) is 0 Å². The highest BCUT2D eigenvalue weighted by Gasteiger charge is 2.26. The molecule has 1 N–H and O–H groups in total. The van der Waals surface area contributed by atoms with Gasteiger partial charge in [0.05, 0.1) is 23.7 Å². The number of rotatable bonds is 6. The Bertz CT molecular complexity index is 619. The molecule has 21 heavy (non-hydrogen) atoms. The molecule has 5 nitrogen and oxygen atoms in total. The lowest BCUT2D eigenvalue weighted by Crippen LogP contribution is -2.20. The molecule has 0 aliphatic carbocycles. The lowest BCUT2D eigenvalue weighted by molar-refractivity contribution is 0.300. The number of nitrogens with one attached hydrogen (secondary N) is 1. The Balaban J connectivity index is 2.12. The third-order valence-corrected chi connectivity index (χ3v) is 4.56. The summed E-state index contributed by atoms with van der Waals surface area (Å²) >= 11 is 0. The molecule has 0 saturated carbocycles. The number of hydrogen-bond acceptors (Lipinski definition) is 3. The number of nitriles is 1. The Hall–Kier alpha value is -2.09. The number of aromatic nitrogens is 4. The van der Waals surface area contributed by atoms with Crippen molar-refractivity contribution in [2.24, 2.45) is 18.9 Å². The van der Waals surface area contributed by atoms with Crippen LogP contribution >= 0.6 is 0 Å². The smallest absolute Gasteiger partial charge is 0.103 e. The summed E-state index contributed by atoms with van der Waals surface area (Å²) in [5.41, 5.74) is 2.88. The van der Waals surface area contributed by atoms with Crippen molar-refractivity contribution in [3.8, 4) is 6.07 Å². The Labute approximate surface area is 126 Å². The zero-order chi connectivity index (χ0) is 15.4. The fourth-order valence-corrected chi connectivity index (χ4v) is 2.99. The third-order valence-electron chi connectivity index (χ3n) is 4.56. The summed E-state index contributed by atoms with van der Waals surface area (Å²) in [5, 5.41) is 20.4. The molecule has 1 unspecified atom stereocenters. The van der Waals surface area contributed by atoms with Crippen LogP contribution in [0.3, 0.4) is 0 Å². The zero-order valence-electron chi connectivity index (χ0n) is 13.2. The first-order valence-electron chi connectivity index (χ1n) is 7.47. The molecule has 2 rings (SSSR count). The molecule has 2 aromatic heterocycles. The van der Waals surface area contributed by atoms with Crippen LogP contribution in [0.1, 0.15) is 49.9 Å². The van der Waals surface area contributed by atoms with Crippen LogP contribution in [0.25, 0.3) is 0 Å². The van der Waals surface area contributed by atoms with E-state index < -0.39 is 0 Å². The van der Waals surface area contributed by atoms with Crippen molar-refractivity contribution in [1.29, 1.82) is 5.26 Å². The van der Waals surface area contributed by atoms with E-state index in [1.165, 1.54) is 5.56 Å². The number of nitrogens with zero attached hydrogens (tertiary/aromatic N) is 4. The van der Waals surface area contributed by atoms with E-state index in [0.29, 0.717) is 17.4 Å². The molecule has 0 aliphatic heterocycles. The highest BCUT2D eigenvalue weighted by molar-refractivity contribution is 5.32. The van der Waals surface area contributed by atoms with E-state index in [-0.39, 0.29) is 5.92 Å². The molecule has 0 aliphatic rings. The first-order chi connectivity index (χ1) is 10.1. The average molecular weight is 285 g/mol. The summed E-state index contributed by atoms with van der Waals surface area (Å²) < 4.78 is 1.85. The Morgan fingerprint density at radius 3 is 2.71 bits per heavy atom. The van der Waals surface area contributed by atoms with Gasteiger partial charge in [-0.2, -0.15) is 15.5 Å². The molecular weight excluding hydrogens is 262 g/mol. The second-order valence-corrected chi connectivity index (χ2v) is 5.85. The van der Waals surface area contributed by atoms with Crippen LogP contribution < -0.4 is 0 Å². The van der Waals surface area contributed by atoms with Crippen LogP contribution in [0, 0.1) is 23.2 Å². The summed E-state index contributed by atoms with van der Waals surface area (Å²) in [4.78, 5) is 0. The molecule has 0 saturated heterocycles. The quantitative estimate of drug-likeness (QED) is 0.886. The zero-order valence-corrected chi connectivity index (χ0v) is 13.2. The molecule has 2 aromatic rings. The molecule has 0 spiro atoms. The molecular formula is C16H23N5. The molecule has 0 fully saturated rings. The summed E-state index contributed by atoms with van der Waals surface area (Å²) in [5.74, 6) is 1.30. The fraction of sp³-hybridized carbons (Fsp3) is 0.562. The van der Waals surface area contributed by atoms with Gasteiger partial charge in [0.1, 0.15) is 6.07 Å². The van der Waals surface area contributed by atoms with E-state index in [9.17, 15) is 0 Å². The maximum atomic E-state index is 9.15. The first-order valence-corrected chi connectivity index (χ1v) is 7.47. The molecule has 0 amide bonds. The maximum absolute atomic E-state index is 9.15. The van der Waals surface area contributed by atoms with E-state index in [0.717, 1.165) is 18.5 Å². The summed E-state index contributed by atoms with van der Waals surface area (Å²) in [6, 6.07) is 2.21. The van der Waals surface area contributed by atoms with Crippen molar-refractivity contribution in [3.05, 3.63) is 35.4 Å². The van der Waals surface area contributed by atoms with Gasteiger partial charge in [-0.1, -0.05) is 27.2 Å². The van der Waals surface area contributed by atoms with Gasteiger partial charge < -0.3 is 0 Å². The van der Waals surface area contributed by atoms with Gasteiger partial charge in [0.15, 0.2) is 0 Å². The standard InChI is InChI=1S/C16H23N5/c1-5-14(6-13-8-19-21(4)10-13)11(2)12(3)16-15(7-17)9-18-20-16/h8-12,14H,5-6H2,1-4H3,(H,18,20)/t11-,12?,14-/m0/s1. The normalized spacial score (nSPS) is 15.4. The number of aryl methyl sites for hydroxylation is 1. The predicted octanol–water partition coefficient (Wildman–Crippen LogP) is 3.02. The first kappa shape index (κ1) is 15.3. The lowest BCUT2D eigenvalue weighted by Gasteiger charge is -2.27. The average Bonchev–Trinajstić information content (AvgIpc) is 3.11. The van der Waals surface area contributed by atoms with Gasteiger partial charge in [0, 0.05) is 19.2 Å². The van der Waals surface area contributed by atoms with Gasteiger partial charge in [-0.15, -0.1) is 0 Å². The number of H-pyrrole nitrogens is 1. The molecule has 0 radical (unpaired) electrons. The summed E-state index contributed by atoms with van der Waals surface area (Å²) in [6.45, 7) is 6.66. The van der Waals surface area contributed by atoms with Crippen LogP contribution in [0.15, 0.2) is 18.6 Å². The molecule has 5 heteroatoms. The third kappa shape index (κ3) is 3.33. The van der Waals surface area contributed by atoms with Gasteiger partial charge in [-0.3, -0.25) is 9.78 Å². The van der Waals surface area contributed by atoms with Crippen molar-refractivity contribution in [2.45, 2.75) is 39.5 Å². The van der Waals surface area contributed by atoms with E-state index >= 15 is 0 Å². The molecule has 0 bridgehead atoms. The predicted molar refractivity (Wildman–Crippen MR) is 81.6 cm³/mol. The topological polar surface area (TPSA) is 70.3 Å². The van der Waals surface area contributed by atoms with E-state index in [1.807, 2.05) is 17.9 Å². The van der Waals surface area contributed by atoms with Gasteiger partial charge in [-0.05, 0) is 23.8 Å². The minimum atomic E-state index is 0.281. The lowest BCUT2D eigenvalue weighted by atomic mass is 9.77. The van der Waals surface area contributed by atoms with Crippen molar-refractivity contribution in [1.82, 2.24) is 20.0 Å². The van der Waals surface area contributed by atoms with Crippen LogP contribution in [-0.4, -0.2) is 20.0 Å². The minimum Gasteiger partial charge on any atom is -0.281 e. The highest BCUT2D eigenvalue weighted by Crippen LogP contribution is 2.33. The number of aromatic amines is 1. The monoisotopic (exact) mass is 285 g/mol. The molecule has 3 atom stereocenters. The molecule has 2 heterocycles. The second kappa shape index (κ2) is 6.57. The Kier molecular flexibility index (Phi) is 4.79. The maximum Gasteiger partial charge on any atom is 0.103 e. The largest absolute Gasteiger partial charge is 0.281 e. The summed E-state index contributed by atoms with van der Waals surface area (Å²) in [7, 11) is 1.94. The number of hydrogen-bond donors (Lipinski definition) is 1. The van der Waals surface area contributed by atoms with Crippen LogP contribution in [0.2, 0.25) is 0 Å². The molecule has 112 valence electrons. The van der Waals surface area contributed by atoms with Gasteiger partial charge in [0.25, 0.3) is 0 Å². The van der Waals surface area contributed by atoms with Gasteiger partial charge in [0.2, 0.25) is 0 Å². The summed E-state index contributed by atoms with van der Waals surface area (Å²) in [6.07, 6.45) is 7.76. The van der Waals surface area contributed by atoms with E-state index in [2.05, 4.69) is 48.3 Å². The highest BCUT2D eigenvalue weighted by atomic mass is 15.2. The van der Waals surface area contributed by atoms with Crippen molar-refractivity contribution >= 4 is 0 Å². The Morgan fingerprint density at radius 1 is 1.38 bits per heavy atom. The van der Waals surface area contributed by atoms with Crippen molar-refractivity contribution < 1.29 is 0 Å². The van der Waals surface area contributed by atoms with Crippen LogP contribution in [0.4, 0.5) is 0 Å². The fourth-order valence-electron chi connectivity index (χ4n) is 2.99. The molecule has 0 aromatic carbocycles. The minimum absolute atomic E-state index is 0.281. The van der Waals surface area contributed by atoms with E-state index in [4.69, 9.17) is 5.26 Å². The van der Waals surface area contributed by atoms with E-state index in [1.54, 1.807) is 6.20 Å².